The van der Waals surface area contributed by atoms with E-state index in [2.05, 4.69) is 5.32 Å². The number of nitrogens with one attached hydrogen (secondary N) is 1. The van der Waals surface area contributed by atoms with Gasteiger partial charge in [0.15, 0.2) is 0 Å². The van der Waals surface area contributed by atoms with Gasteiger partial charge in [-0.1, -0.05) is 6.07 Å². The van der Waals surface area contributed by atoms with Crippen LogP contribution in [0, 0.1) is 5.82 Å². The fourth-order valence-corrected chi connectivity index (χ4v) is 1.80. The van der Waals surface area contributed by atoms with Crippen molar-refractivity contribution in [2.45, 2.75) is 12.7 Å². The van der Waals surface area contributed by atoms with Crippen LogP contribution in [0.5, 0.6) is 0 Å². The second kappa shape index (κ2) is 5.59. The molecule has 7 heteroatoms. The number of anilines is 1. The molecule has 0 atom stereocenters. The van der Waals surface area contributed by atoms with Crippen LogP contribution in [0.2, 0.25) is 0 Å². The van der Waals surface area contributed by atoms with E-state index in [-0.39, 0.29) is 17.7 Å². The number of halogens is 4. The molecule has 0 radical (unpaired) electrons. The molecule has 0 aliphatic carbocycles. The number of nitrogens with zero attached hydrogens (tertiary/aromatic N) is 1. The average molecular weight is 300 g/mol. The lowest BCUT2D eigenvalue weighted by Crippen LogP contribution is -2.15. The summed E-state index contributed by atoms with van der Waals surface area (Å²) in [5.74, 6) is -1.30. The molecule has 1 aromatic carbocycles. The second-order valence-corrected chi connectivity index (χ2v) is 4.53. The Morgan fingerprint density at radius 3 is 2.52 bits per heavy atom. The summed E-state index contributed by atoms with van der Waals surface area (Å²) in [6, 6.07) is 5.70. The summed E-state index contributed by atoms with van der Waals surface area (Å²) in [5.41, 5.74) is -0.614. The third-order valence-corrected chi connectivity index (χ3v) is 2.92. The van der Waals surface area contributed by atoms with Gasteiger partial charge in [-0.3, -0.25) is 4.79 Å². The molecule has 21 heavy (non-hydrogen) atoms. The molecular weight excluding hydrogens is 288 g/mol. The van der Waals surface area contributed by atoms with Crippen molar-refractivity contribution in [2.75, 3.05) is 5.32 Å². The number of aromatic nitrogens is 1. The van der Waals surface area contributed by atoms with Crippen molar-refractivity contribution in [2.24, 2.45) is 7.05 Å². The highest BCUT2D eigenvalue weighted by Gasteiger charge is 2.34. The summed E-state index contributed by atoms with van der Waals surface area (Å²) in [6.45, 7) is 0.0849. The van der Waals surface area contributed by atoms with E-state index in [1.165, 1.54) is 29.0 Å². The van der Waals surface area contributed by atoms with Crippen LogP contribution >= 0.6 is 0 Å². The van der Waals surface area contributed by atoms with Crippen LogP contribution < -0.4 is 10.9 Å². The first-order chi connectivity index (χ1) is 9.77. The van der Waals surface area contributed by atoms with Crippen molar-refractivity contribution in [1.29, 1.82) is 0 Å². The normalized spacial score (nSPS) is 11.5. The van der Waals surface area contributed by atoms with Gasteiger partial charge in [-0.05, 0) is 23.8 Å². The molecular formula is C14H12F4N2O. The Balaban J connectivity index is 2.17. The molecule has 0 saturated carbocycles. The van der Waals surface area contributed by atoms with Crippen LogP contribution in [-0.4, -0.2) is 4.57 Å². The number of rotatable bonds is 3. The van der Waals surface area contributed by atoms with Gasteiger partial charge in [-0.2, -0.15) is 13.2 Å². The number of hydrogen-bond acceptors (Lipinski definition) is 2. The minimum absolute atomic E-state index is 0.0849. The van der Waals surface area contributed by atoms with Gasteiger partial charge in [0.25, 0.3) is 0 Å². The zero-order chi connectivity index (χ0) is 15.6. The third-order valence-electron chi connectivity index (χ3n) is 2.92. The van der Waals surface area contributed by atoms with E-state index in [0.29, 0.717) is 5.69 Å². The predicted octanol–water partition coefficient (Wildman–Crippen LogP) is 3.16. The molecule has 1 N–H and O–H groups in total. The standard InChI is InChI=1S/C14H12F4N2O/c1-20-8-10(3-5-13(20)21)19-7-9-2-4-12(15)11(6-9)14(16,17)18/h2-6,8,19H,7H2,1H3. The van der Waals surface area contributed by atoms with Crippen molar-refractivity contribution in [3.8, 4) is 0 Å². The lowest BCUT2D eigenvalue weighted by atomic mass is 10.1. The van der Waals surface area contributed by atoms with Gasteiger partial charge in [-0.25, -0.2) is 4.39 Å². The zero-order valence-electron chi connectivity index (χ0n) is 11.0. The highest BCUT2D eigenvalue weighted by molar-refractivity contribution is 5.41. The monoisotopic (exact) mass is 300 g/mol. The Morgan fingerprint density at radius 1 is 1.19 bits per heavy atom. The van der Waals surface area contributed by atoms with Crippen LogP contribution in [-0.2, 0) is 19.8 Å². The maximum atomic E-state index is 13.1. The van der Waals surface area contributed by atoms with E-state index < -0.39 is 17.6 Å². The molecule has 0 spiro atoms. The average Bonchev–Trinajstić information content (AvgIpc) is 2.40. The quantitative estimate of drug-likeness (QED) is 0.884. The summed E-state index contributed by atoms with van der Waals surface area (Å²) >= 11 is 0. The molecule has 2 aromatic rings. The SMILES string of the molecule is Cn1cc(NCc2ccc(F)c(C(F)(F)F)c2)ccc1=O. The number of hydrogen-bond donors (Lipinski definition) is 1. The fraction of sp³-hybridized carbons (Fsp3) is 0.214. The molecule has 2 rings (SSSR count). The lowest BCUT2D eigenvalue weighted by molar-refractivity contribution is -0.140. The van der Waals surface area contributed by atoms with Crippen LogP contribution in [0.25, 0.3) is 0 Å². The molecule has 3 nitrogen and oxygen atoms in total. The fourth-order valence-electron chi connectivity index (χ4n) is 1.80. The van der Waals surface area contributed by atoms with Crippen LogP contribution in [0.4, 0.5) is 23.2 Å². The number of alkyl halides is 3. The van der Waals surface area contributed by atoms with E-state index in [1.54, 1.807) is 7.05 Å². The molecule has 0 unspecified atom stereocenters. The van der Waals surface area contributed by atoms with Crippen molar-refractivity contribution >= 4 is 5.69 Å². The lowest BCUT2D eigenvalue weighted by Gasteiger charge is -2.11. The molecule has 1 heterocycles. The van der Waals surface area contributed by atoms with Gasteiger partial charge in [0, 0.05) is 25.9 Å². The van der Waals surface area contributed by atoms with Crippen molar-refractivity contribution < 1.29 is 17.6 Å². The summed E-state index contributed by atoms with van der Waals surface area (Å²) in [7, 11) is 1.56. The van der Waals surface area contributed by atoms with E-state index in [9.17, 15) is 22.4 Å². The minimum Gasteiger partial charge on any atom is -0.380 e. The second-order valence-electron chi connectivity index (χ2n) is 4.53. The van der Waals surface area contributed by atoms with Gasteiger partial charge in [-0.15, -0.1) is 0 Å². The first kappa shape index (κ1) is 15.1. The topological polar surface area (TPSA) is 34.0 Å². The minimum atomic E-state index is -4.73. The molecule has 0 bridgehead atoms. The highest BCUT2D eigenvalue weighted by atomic mass is 19.4. The molecule has 1 aromatic heterocycles. The van der Waals surface area contributed by atoms with Gasteiger partial charge in [0.2, 0.25) is 5.56 Å². The summed E-state index contributed by atoms with van der Waals surface area (Å²) in [4.78, 5) is 11.2. The number of aryl methyl sites for hydroxylation is 1. The molecule has 0 fully saturated rings. The highest BCUT2D eigenvalue weighted by Crippen LogP contribution is 2.31. The zero-order valence-corrected chi connectivity index (χ0v) is 11.0. The summed E-state index contributed by atoms with van der Waals surface area (Å²) < 4.78 is 52.3. The molecule has 0 aliphatic rings. The summed E-state index contributed by atoms with van der Waals surface area (Å²) in [5, 5.41) is 2.88. The maximum absolute atomic E-state index is 13.1. The molecule has 0 aliphatic heterocycles. The number of pyridine rings is 1. The Hall–Kier alpha value is -2.31. The third kappa shape index (κ3) is 3.62. The first-order valence-electron chi connectivity index (χ1n) is 6.03. The Morgan fingerprint density at radius 2 is 1.90 bits per heavy atom. The maximum Gasteiger partial charge on any atom is 0.419 e. The van der Waals surface area contributed by atoms with Gasteiger partial charge in [0.1, 0.15) is 5.82 Å². The van der Waals surface area contributed by atoms with Crippen LogP contribution in [0.1, 0.15) is 11.1 Å². The molecule has 0 saturated heterocycles. The summed E-state index contributed by atoms with van der Waals surface area (Å²) in [6.07, 6.45) is -3.20. The Labute approximate surface area is 117 Å². The van der Waals surface area contributed by atoms with Gasteiger partial charge < -0.3 is 9.88 Å². The van der Waals surface area contributed by atoms with E-state index in [1.807, 2.05) is 0 Å². The molecule has 112 valence electrons. The first-order valence-corrected chi connectivity index (χ1v) is 6.03. The smallest absolute Gasteiger partial charge is 0.380 e. The predicted molar refractivity (Wildman–Crippen MR) is 70.4 cm³/mol. The Bertz CT molecular complexity index is 707. The van der Waals surface area contributed by atoms with Gasteiger partial charge >= 0.3 is 6.18 Å². The van der Waals surface area contributed by atoms with E-state index >= 15 is 0 Å². The van der Waals surface area contributed by atoms with Crippen LogP contribution in [0.3, 0.4) is 0 Å². The van der Waals surface area contributed by atoms with Crippen molar-refractivity contribution in [1.82, 2.24) is 4.57 Å². The van der Waals surface area contributed by atoms with Crippen LogP contribution in [0.15, 0.2) is 41.3 Å². The Kier molecular flexibility index (Phi) is 4.02. The molecule has 0 amide bonds. The largest absolute Gasteiger partial charge is 0.419 e. The van der Waals surface area contributed by atoms with Gasteiger partial charge in [0.05, 0.1) is 11.3 Å². The van der Waals surface area contributed by atoms with Crippen molar-refractivity contribution in [3.63, 3.8) is 0 Å². The van der Waals surface area contributed by atoms with E-state index in [0.717, 1.165) is 12.1 Å². The number of benzene rings is 1. The van der Waals surface area contributed by atoms with E-state index in [4.69, 9.17) is 0 Å². The van der Waals surface area contributed by atoms with Crippen molar-refractivity contribution in [3.05, 3.63) is 63.8 Å².